The van der Waals surface area contributed by atoms with E-state index in [9.17, 15) is 9.59 Å². The zero-order valence-corrected chi connectivity index (χ0v) is 10.9. The molecule has 0 radical (unpaired) electrons. The number of amides is 2. The molecule has 0 saturated heterocycles. The molecule has 2 aliphatic rings. The van der Waals surface area contributed by atoms with E-state index in [0.717, 1.165) is 19.3 Å². The minimum Gasteiger partial charge on any atom is -0.481 e. The number of hydrogen-bond donors (Lipinski definition) is 2. The number of hydrogen-bond acceptors (Lipinski definition) is 2. The topological polar surface area (TPSA) is 69.6 Å². The third-order valence-corrected chi connectivity index (χ3v) is 3.99. The van der Waals surface area contributed by atoms with Crippen LogP contribution in [-0.2, 0) is 4.79 Å². The molecule has 2 rings (SSSR count). The molecular weight excluding hydrogens is 232 g/mol. The van der Waals surface area contributed by atoms with Gasteiger partial charge in [-0.3, -0.25) is 4.79 Å². The molecule has 2 atom stereocenters. The fourth-order valence-electron chi connectivity index (χ4n) is 2.65. The molecule has 0 aromatic heterocycles. The lowest BCUT2D eigenvalue weighted by atomic mass is 10.1. The zero-order chi connectivity index (χ0) is 13.1. The van der Waals surface area contributed by atoms with Gasteiger partial charge >= 0.3 is 12.0 Å². The van der Waals surface area contributed by atoms with Gasteiger partial charge in [-0.2, -0.15) is 0 Å². The lowest BCUT2D eigenvalue weighted by Gasteiger charge is -2.26. The van der Waals surface area contributed by atoms with Crippen molar-refractivity contribution < 1.29 is 14.7 Å². The highest BCUT2D eigenvalue weighted by Gasteiger charge is 2.34. The van der Waals surface area contributed by atoms with Crippen LogP contribution in [0.3, 0.4) is 0 Å². The number of nitrogens with one attached hydrogen (secondary N) is 1. The summed E-state index contributed by atoms with van der Waals surface area (Å²) in [5.74, 6) is -0.308. The van der Waals surface area contributed by atoms with E-state index in [1.165, 1.54) is 12.8 Å². The molecule has 2 saturated carbocycles. The molecule has 2 aliphatic carbocycles. The van der Waals surface area contributed by atoms with Crippen molar-refractivity contribution in [2.75, 3.05) is 6.54 Å². The first-order chi connectivity index (χ1) is 8.58. The SMILES string of the molecule is CC1CCCC1NC(=O)N(CCC(=O)O)C1CC1. The van der Waals surface area contributed by atoms with Gasteiger partial charge in [-0.05, 0) is 31.6 Å². The average molecular weight is 254 g/mol. The van der Waals surface area contributed by atoms with Crippen molar-refractivity contribution in [3.63, 3.8) is 0 Å². The molecule has 0 aromatic rings. The van der Waals surface area contributed by atoms with Crippen LogP contribution in [0.2, 0.25) is 0 Å². The highest BCUT2D eigenvalue weighted by molar-refractivity contribution is 5.76. The number of carbonyl (C=O) groups is 2. The Kier molecular flexibility index (Phi) is 4.09. The normalized spacial score (nSPS) is 26.9. The van der Waals surface area contributed by atoms with Crippen LogP contribution in [-0.4, -0.2) is 40.6 Å². The molecule has 0 aromatic carbocycles. The van der Waals surface area contributed by atoms with E-state index in [1.54, 1.807) is 4.90 Å². The lowest BCUT2D eigenvalue weighted by Crippen LogP contribution is -2.47. The number of aliphatic carboxylic acids is 1. The van der Waals surface area contributed by atoms with Gasteiger partial charge in [0, 0.05) is 18.6 Å². The largest absolute Gasteiger partial charge is 0.481 e. The van der Waals surface area contributed by atoms with E-state index in [4.69, 9.17) is 5.11 Å². The molecule has 2 N–H and O–H groups in total. The van der Waals surface area contributed by atoms with Crippen molar-refractivity contribution in [3.05, 3.63) is 0 Å². The van der Waals surface area contributed by atoms with Gasteiger partial charge in [0.05, 0.1) is 6.42 Å². The smallest absolute Gasteiger partial charge is 0.317 e. The summed E-state index contributed by atoms with van der Waals surface area (Å²) in [5, 5.41) is 11.8. The first-order valence-corrected chi connectivity index (χ1v) is 6.87. The first-order valence-electron chi connectivity index (χ1n) is 6.87. The summed E-state index contributed by atoms with van der Waals surface area (Å²) in [5.41, 5.74) is 0. The number of carboxylic acids is 1. The minimum atomic E-state index is -0.845. The first kappa shape index (κ1) is 13.2. The van der Waals surface area contributed by atoms with E-state index in [1.807, 2.05) is 0 Å². The molecule has 0 heterocycles. The monoisotopic (exact) mass is 254 g/mol. The maximum Gasteiger partial charge on any atom is 0.317 e. The zero-order valence-electron chi connectivity index (χ0n) is 10.9. The van der Waals surface area contributed by atoms with Gasteiger partial charge in [-0.15, -0.1) is 0 Å². The van der Waals surface area contributed by atoms with Gasteiger partial charge < -0.3 is 15.3 Å². The Labute approximate surface area is 108 Å². The second kappa shape index (κ2) is 5.59. The van der Waals surface area contributed by atoms with Crippen molar-refractivity contribution in [1.82, 2.24) is 10.2 Å². The molecule has 0 aliphatic heterocycles. The van der Waals surface area contributed by atoms with E-state index in [0.29, 0.717) is 12.5 Å². The van der Waals surface area contributed by atoms with Crippen LogP contribution < -0.4 is 5.32 Å². The Balaban J connectivity index is 1.85. The van der Waals surface area contributed by atoms with Crippen LogP contribution in [0, 0.1) is 5.92 Å². The maximum atomic E-state index is 12.2. The Hall–Kier alpha value is -1.26. The number of rotatable bonds is 5. The van der Waals surface area contributed by atoms with E-state index >= 15 is 0 Å². The van der Waals surface area contributed by atoms with Crippen LogP contribution >= 0.6 is 0 Å². The van der Waals surface area contributed by atoms with E-state index in [2.05, 4.69) is 12.2 Å². The minimum absolute atomic E-state index is 0.0319. The van der Waals surface area contributed by atoms with Crippen LogP contribution in [0.15, 0.2) is 0 Å². The van der Waals surface area contributed by atoms with E-state index < -0.39 is 5.97 Å². The highest BCUT2D eigenvalue weighted by Crippen LogP contribution is 2.29. The summed E-state index contributed by atoms with van der Waals surface area (Å²) in [7, 11) is 0. The summed E-state index contributed by atoms with van der Waals surface area (Å²) < 4.78 is 0. The van der Waals surface area contributed by atoms with Gasteiger partial charge in [-0.1, -0.05) is 13.3 Å². The summed E-state index contributed by atoms with van der Waals surface area (Å²) in [4.78, 5) is 24.5. The summed E-state index contributed by atoms with van der Waals surface area (Å²) in [6, 6.07) is 0.460. The molecule has 102 valence electrons. The number of urea groups is 1. The number of carbonyl (C=O) groups excluding carboxylic acids is 1. The predicted molar refractivity (Wildman–Crippen MR) is 67.3 cm³/mol. The summed E-state index contributed by atoms with van der Waals surface area (Å²) in [6.45, 7) is 2.49. The molecule has 0 bridgehead atoms. The van der Waals surface area contributed by atoms with Gasteiger partial charge in [0.2, 0.25) is 0 Å². The molecule has 18 heavy (non-hydrogen) atoms. The molecule has 2 amide bonds. The van der Waals surface area contributed by atoms with Crippen LogP contribution in [0.5, 0.6) is 0 Å². The third-order valence-electron chi connectivity index (χ3n) is 3.99. The Morgan fingerprint density at radius 2 is 2.00 bits per heavy atom. The molecular formula is C13H22N2O3. The maximum absolute atomic E-state index is 12.2. The fourth-order valence-corrected chi connectivity index (χ4v) is 2.65. The summed E-state index contributed by atoms with van der Waals surface area (Å²) in [6.07, 6.45) is 5.43. The van der Waals surface area contributed by atoms with Gasteiger partial charge in [-0.25, -0.2) is 4.79 Å². The van der Waals surface area contributed by atoms with Gasteiger partial charge in [0.1, 0.15) is 0 Å². The Bertz CT molecular complexity index is 328. The van der Waals surface area contributed by atoms with Crippen LogP contribution in [0.25, 0.3) is 0 Å². The van der Waals surface area contributed by atoms with Gasteiger partial charge in [0.15, 0.2) is 0 Å². The van der Waals surface area contributed by atoms with Gasteiger partial charge in [0.25, 0.3) is 0 Å². The Morgan fingerprint density at radius 1 is 1.28 bits per heavy atom. The molecule has 5 nitrogen and oxygen atoms in total. The average Bonchev–Trinajstić information content (AvgIpc) is 3.05. The van der Waals surface area contributed by atoms with Crippen molar-refractivity contribution >= 4 is 12.0 Å². The second-order valence-corrected chi connectivity index (χ2v) is 5.53. The fraction of sp³-hybridized carbons (Fsp3) is 0.846. The van der Waals surface area contributed by atoms with Crippen molar-refractivity contribution in [3.8, 4) is 0 Å². The highest BCUT2D eigenvalue weighted by atomic mass is 16.4. The molecule has 5 heteroatoms. The van der Waals surface area contributed by atoms with Crippen molar-refractivity contribution in [2.24, 2.45) is 5.92 Å². The number of carboxylic acid groups (broad SMARTS) is 1. The predicted octanol–water partition coefficient (Wildman–Crippen LogP) is 1.82. The van der Waals surface area contributed by atoms with Crippen LogP contribution in [0.1, 0.15) is 45.4 Å². The summed E-state index contributed by atoms with van der Waals surface area (Å²) >= 11 is 0. The van der Waals surface area contributed by atoms with Crippen molar-refractivity contribution in [1.29, 1.82) is 0 Å². The number of nitrogens with zero attached hydrogens (tertiary/aromatic N) is 1. The molecule has 2 unspecified atom stereocenters. The standard InChI is InChI=1S/C13H22N2O3/c1-9-3-2-4-11(9)14-13(18)15(10-5-6-10)8-7-12(16)17/h9-11H,2-8H2,1H3,(H,14,18)(H,16,17). The quantitative estimate of drug-likeness (QED) is 0.786. The van der Waals surface area contributed by atoms with Crippen LogP contribution in [0.4, 0.5) is 4.79 Å². The van der Waals surface area contributed by atoms with Crippen molar-refractivity contribution in [2.45, 2.75) is 57.5 Å². The second-order valence-electron chi connectivity index (χ2n) is 5.53. The molecule has 0 spiro atoms. The third kappa shape index (κ3) is 3.37. The van der Waals surface area contributed by atoms with E-state index in [-0.39, 0.29) is 24.5 Å². The molecule has 2 fully saturated rings. The Morgan fingerprint density at radius 3 is 2.50 bits per heavy atom. The lowest BCUT2D eigenvalue weighted by molar-refractivity contribution is -0.137.